The van der Waals surface area contributed by atoms with Crippen molar-refractivity contribution in [1.82, 2.24) is 0 Å². The van der Waals surface area contributed by atoms with Crippen LogP contribution in [0.25, 0.3) is 0 Å². The molecule has 1 saturated heterocycles. The molecule has 2 aliphatic rings. The van der Waals surface area contributed by atoms with Gasteiger partial charge >= 0.3 is 5.97 Å². The molecule has 0 aromatic heterocycles. The first-order chi connectivity index (χ1) is 7.54. The van der Waals surface area contributed by atoms with Crippen molar-refractivity contribution in [3.05, 3.63) is 12.2 Å². The highest BCUT2D eigenvalue weighted by atomic mass is 16.6. The number of carboxylic acids is 1. The van der Waals surface area contributed by atoms with E-state index in [1.165, 1.54) is 0 Å². The van der Waals surface area contributed by atoms with E-state index in [2.05, 4.69) is 26.0 Å². The Morgan fingerprint density at radius 2 is 2.31 bits per heavy atom. The zero-order valence-electron chi connectivity index (χ0n) is 10.0. The Morgan fingerprint density at radius 1 is 1.56 bits per heavy atom. The molecule has 3 atom stereocenters. The highest BCUT2D eigenvalue weighted by Crippen LogP contribution is 2.64. The zero-order valence-corrected chi connectivity index (χ0v) is 10.0. The second-order valence-electron chi connectivity index (χ2n) is 5.25. The van der Waals surface area contributed by atoms with Crippen LogP contribution in [0, 0.1) is 5.41 Å². The van der Waals surface area contributed by atoms with Crippen molar-refractivity contribution in [2.75, 3.05) is 0 Å². The molecule has 0 unspecified atom stereocenters. The van der Waals surface area contributed by atoms with Crippen LogP contribution in [0.4, 0.5) is 0 Å². The minimum atomic E-state index is -0.711. The second kappa shape index (κ2) is 3.88. The molecule has 0 spiro atoms. The van der Waals surface area contributed by atoms with Gasteiger partial charge in [-0.3, -0.25) is 4.79 Å². The number of epoxide rings is 1. The average Bonchev–Trinajstić information content (AvgIpc) is 2.84. The molecule has 0 bridgehead atoms. The number of carbonyl (C=O) groups is 1. The van der Waals surface area contributed by atoms with Gasteiger partial charge < -0.3 is 9.84 Å². The van der Waals surface area contributed by atoms with Crippen molar-refractivity contribution in [3.8, 4) is 0 Å². The highest BCUT2D eigenvalue weighted by molar-refractivity contribution is 5.68. The number of hydrogen-bond donors (Lipinski definition) is 1. The lowest BCUT2D eigenvalue weighted by molar-refractivity contribution is -0.140. The first-order valence-corrected chi connectivity index (χ1v) is 6.09. The van der Waals surface area contributed by atoms with Gasteiger partial charge in [0.25, 0.3) is 0 Å². The SMILES string of the molecule is CC/C=C\C[C@@]12O[C@@H]1CC[C@]2(C)CC(=O)O. The lowest BCUT2D eigenvalue weighted by Gasteiger charge is -2.30. The topological polar surface area (TPSA) is 49.8 Å². The third-order valence-electron chi connectivity index (χ3n) is 4.16. The first-order valence-electron chi connectivity index (χ1n) is 6.09. The maximum atomic E-state index is 10.9. The van der Waals surface area contributed by atoms with Gasteiger partial charge in [0.05, 0.1) is 12.5 Å². The molecule has 1 N–H and O–H groups in total. The number of hydrogen-bond acceptors (Lipinski definition) is 2. The summed E-state index contributed by atoms with van der Waals surface area (Å²) in [5, 5.41) is 8.99. The minimum Gasteiger partial charge on any atom is -0.481 e. The molecule has 2 fully saturated rings. The molecule has 0 amide bonds. The van der Waals surface area contributed by atoms with Gasteiger partial charge in [0, 0.05) is 5.41 Å². The van der Waals surface area contributed by atoms with Crippen LogP contribution >= 0.6 is 0 Å². The lowest BCUT2D eigenvalue weighted by atomic mass is 9.74. The van der Waals surface area contributed by atoms with Gasteiger partial charge in [-0.25, -0.2) is 0 Å². The molecule has 0 aromatic carbocycles. The van der Waals surface area contributed by atoms with Gasteiger partial charge in [-0.2, -0.15) is 0 Å². The monoisotopic (exact) mass is 224 g/mol. The van der Waals surface area contributed by atoms with Crippen LogP contribution in [-0.4, -0.2) is 22.8 Å². The molecule has 1 saturated carbocycles. The lowest BCUT2D eigenvalue weighted by Crippen LogP contribution is -2.35. The normalized spacial score (nSPS) is 41.2. The Balaban J connectivity index is 2.08. The largest absolute Gasteiger partial charge is 0.481 e. The Kier molecular flexibility index (Phi) is 2.82. The molecular weight excluding hydrogens is 204 g/mol. The third-order valence-corrected chi connectivity index (χ3v) is 4.16. The number of fused-ring (bicyclic) bond motifs is 1. The van der Waals surface area contributed by atoms with Crippen LogP contribution in [-0.2, 0) is 9.53 Å². The van der Waals surface area contributed by atoms with Crippen LogP contribution in [0.15, 0.2) is 12.2 Å². The summed E-state index contributed by atoms with van der Waals surface area (Å²) < 4.78 is 5.79. The smallest absolute Gasteiger partial charge is 0.304 e. The summed E-state index contributed by atoms with van der Waals surface area (Å²) in [5.41, 5.74) is -0.349. The number of carboxylic acid groups (broad SMARTS) is 1. The number of ether oxygens (including phenoxy) is 1. The quantitative estimate of drug-likeness (QED) is 0.577. The highest BCUT2D eigenvalue weighted by Gasteiger charge is 2.70. The summed E-state index contributed by atoms with van der Waals surface area (Å²) in [6.07, 6.45) is 8.69. The number of rotatable bonds is 5. The Morgan fingerprint density at radius 3 is 2.88 bits per heavy atom. The molecule has 0 radical (unpaired) electrons. The molecule has 0 aromatic rings. The summed E-state index contributed by atoms with van der Waals surface area (Å²) in [7, 11) is 0. The first kappa shape index (κ1) is 11.6. The Bertz CT molecular complexity index is 323. The Hall–Kier alpha value is -0.830. The fraction of sp³-hybridized carbons (Fsp3) is 0.769. The number of aliphatic carboxylic acids is 1. The maximum absolute atomic E-state index is 10.9. The molecule has 1 aliphatic heterocycles. The van der Waals surface area contributed by atoms with Crippen molar-refractivity contribution in [3.63, 3.8) is 0 Å². The molecule has 3 nitrogen and oxygen atoms in total. The molecular formula is C13H20O3. The third kappa shape index (κ3) is 1.67. The van der Waals surface area contributed by atoms with Gasteiger partial charge in [-0.05, 0) is 25.7 Å². The predicted octanol–water partition coefficient (Wildman–Crippen LogP) is 2.76. The van der Waals surface area contributed by atoms with E-state index in [1.54, 1.807) is 0 Å². The van der Waals surface area contributed by atoms with Crippen molar-refractivity contribution < 1.29 is 14.6 Å². The van der Waals surface area contributed by atoms with E-state index < -0.39 is 5.97 Å². The fourth-order valence-corrected chi connectivity index (χ4v) is 3.13. The van der Waals surface area contributed by atoms with Gasteiger partial charge in [0.15, 0.2) is 0 Å². The van der Waals surface area contributed by atoms with E-state index in [4.69, 9.17) is 9.84 Å². The molecule has 3 heteroatoms. The van der Waals surface area contributed by atoms with Crippen LogP contribution < -0.4 is 0 Å². The summed E-state index contributed by atoms with van der Waals surface area (Å²) >= 11 is 0. The van der Waals surface area contributed by atoms with Gasteiger partial charge in [0.1, 0.15) is 5.60 Å². The predicted molar refractivity (Wildman–Crippen MR) is 61.2 cm³/mol. The second-order valence-corrected chi connectivity index (χ2v) is 5.25. The van der Waals surface area contributed by atoms with E-state index in [9.17, 15) is 4.79 Å². The summed E-state index contributed by atoms with van der Waals surface area (Å²) in [5.74, 6) is -0.711. The van der Waals surface area contributed by atoms with E-state index in [0.29, 0.717) is 6.10 Å². The van der Waals surface area contributed by atoms with Gasteiger partial charge in [-0.15, -0.1) is 0 Å². The van der Waals surface area contributed by atoms with Crippen molar-refractivity contribution in [2.45, 2.75) is 57.7 Å². The summed E-state index contributed by atoms with van der Waals surface area (Å²) in [6.45, 7) is 4.17. The van der Waals surface area contributed by atoms with Crippen molar-refractivity contribution in [1.29, 1.82) is 0 Å². The number of allylic oxidation sites excluding steroid dienone is 1. The van der Waals surface area contributed by atoms with Crippen LogP contribution in [0.5, 0.6) is 0 Å². The zero-order chi connectivity index (χ0) is 11.8. The molecule has 16 heavy (non-hydrogen) atoms. The van der Waals surface area contributed by atoms with E-state index >= 15 is 0 Å². The van der Waals surface area contributed by atoms with Gasteiger partial charge in [-0.1, -0.05) is 26.0 Å². The minimum absolute atomic E-state index is 0.170. The summed E-state index contributed by atoms with van der Waals surface area (Å²) in [6, 6.07) is 0. The fourth-order valence-electron chi connectivity index (χ4n) is 3.13. The standard InChI is InChI=1S/C13H20O3/c1-3-4-5-7-13-10(16-13)6-8-12(13,2)9-11(14)15/h4-5,10H,3,6-9H2,1-2H3,(H,14,15)/b5-4-/t10-,12-,13-/m1/s1. The van der Waals surface area contributed by atoms with Gasteiger partial charge in [0.2, 0.25) is 0 Å². The Labute approximate surface area is 96.5 Å². The maximum Gasteiger partial charge on any atom is 0.304 e. The van der Waals surface area contributed by atoms with Crippen LogP contribution in [0.3, 0.4) is 0 Å². The average molecular weight is 224 g/mol. The van der Waals surface area contributed by atoms with Crippen molar-refractivity contribution >= 4 is 5.97 Å². The van der Waals surface area contributed by atoms with Crippen LogP contribution in [0.2, 0.25) is 0 Å². The summed E-state index contributed by atoms with van der Waals surface area (Å²) in [4.78, 5) is 10.9. The van der Waals surface area contributed by atoms with Crippen LogP contribution in [0.1, 0.15) is 46.0 Å². The molecule has 1 aliphatic carbocycles. The van der Waals surface area contributed by atoms with Crippen molar-refractivity contribution in [2.24, 2.45) is 5.41 Å². The van der Waals surface area contributed by atoms with E-state index in [-0.39, 0.29) is 17.4 Å². The molecule has 1 heterocycles. The molecule has 90 valence electrons. The molecule has 2 rings (SSSR count). The van der Waals surface area contributed by atoms with E-state index in [1.807, 2.05) is 0 Å². The van der Waals surface area contributed by atoms with E-state index in [0.717, 1.165) is 25.7 Å².